The Hall–Kier alpha value is -0.540. The maximum absolute atomic E-state index is 5.76. The monoisotopic (exact) mass is 322 g/mol. The Bertz CT molecular complexity index is 424. The zero-order valence-corrected chi connectivity index (χ0v) is 13.0. The molecule has 2 N–H and O–H groups in total. The van der Waals surface area contributed by atoms with Crippen molar-refractivity contribution in [3.8, 4) is 0 Å². The molecule has 0 saturated heterocycles. The Kier molecular flexibility index (Phi) is 4.13. The number of halogens is 1. The summed E-state index contributed by atoms with van der Waals surface area (Å²) < 4.78 is 1.18. The van der Waals surface area contributed by atoms with E-state index < -0.39 is 0 Å². The summed E-state index contributed by atoms with van der Waals surface area (Å²) in [5, 5.41) is 0. The second kappa shape index (κ2) is 5.84. The van der Waals surface area contributed by atoms with E-state index in [0.29, 0.717) is 0 Å². The highest BCUT2D eigenvalue weighted by Gasteiger charge is 2.30. The normalized spacial score (nSPS) is 18.6. The van der Waals surface area contributed by atoms with Crippen molar-refractivity contribution < 1.29 is 0 Å². The fourth-order valence-electron chi connectivity index (χ4n) is 2.69. The van der Waals surface area contributed by atoms with Crippen LogP contribution in [0.1, 0.15) is 31.2 Å². The quantitative estimate of drug-likeness (QED) is 0.831. The Morgan fingerprint density at radius 1 is 1.11 bits per heavy atom. The van der Waals surface area contributed by atoms with Gasteiger partial charge in [0.15, 0.2) is 0 Å². The van der Waals surface area contributed by atoms with E-state index in [4.69, 9.17) is 5.73 Å². The molecule has 2 nitrogen and oxygen atoms in total. The lowest BCUT2D eigenvalue weighted by atomic mass is 10.1. The molecular weight excluding hydrogens is 300 g/mol. The van der Waals surface area contributed by atoms with Crippen molar-refractivity contribution in [2.75, 3.05) is 24.5 Å². The predicted octanol–water partition coefficient (Wildman–Crippen LogP) is 3.58. The van der Waals surface area contributed by atoms with Gasteiger partial charge in [0.25, 0.3) is 0 Å². The molecule has 2 fully saturated rings. The molecular formula is C16H23BrN2. The third-order valence-electron chi connectivity index (χ3n) is 4.15. The van der Waals surface area contributed by atoms with Crippen molar-refractivity contribution in [2.24, 2.45) is 17.6 Å². The van der Waals surface area contributed by atoms with Crippen LogP contribution in [0, 0.1) is 11.8 Å². The molecule has 0 amide bonds. The lowest BCUT2D eigenvalue weighted by molar-refractivity contribution is 0.676. The number of nitrogens with two attached hydrogens (primary N) is 1. The molecule has 0 unspecified atom stereocenters. The van der Waals surface area contributed by atoms with Gasteiger partial charge >= 0.3 is 0 Å². The molecule has 1 aromatic carbocycles. The first-order valence-corrected chi connectivity index (χ1v) is 8.29. The number of nitrogens with zero attached hydrogens (tertiary/aromatic N) is 1. The minimum absolute atomic E-state index is 0.731. The van der Waals surface area contributed by atoms with Crippen LogP contribution in [0.2, 0.25) is 0 Å². The standard InChI is InChI=1S/C16H23BrN2/c17-15-6-5-14(7-8-18)16(9-15)19(10-12-1-2-12)11-13-3-4-13/h5-6,9,12-13H,1-4,7-8,10-11,18H2. The van der Waals surface area contributed by atoms with Gasteiger partial charge in [-0.05, 0) is 68.2 Å². The minimum atomic E-state index is 0.731. The van der Waals surface area contributed by atoms with Gasteiger partial charge < -0.3 is 10.6 Å². The SMILES string of the molecule is NCCc1ccc(Br)cc1N(CC1CC1)CC1CC1. The van der Waals surface area contributed by atoms with Gasteiger partial charge in [0.2, 0.25) is 0 Å². The molecule has 2 saturated carbocycles. The summed E-state index contributed by atoms with van der Waals surface area (Å²) in [6, 6.07) is 6.66. The topological polar surface area (TPSA) is 29.3 Å². The van der Waals surface area contributed by atoms with Crippen molar-refractivity contribution in [2.45, 2.75) is 32.1 Å². The number of benzene rings is 1. The molecule has 1 aromatic rings. The third-order valence-corrected chi connectivity index (χ3v) is 4.65. The molecule has 2 aliphatic rings. The first-order chi connectivity index (χ1) is 9.26. The Balaban J connectivity index is 1.82. The summed E-state index contributed by atoms with van der Waals surface area (Å²) in [5.74, 6) is 1.87. The average molecular weight is 323 g/mol. The van der Waals surface area contributed by atoms with Crippen LogP contribution in [0.3, 0.4) is 0 Å². The van der Waals surface area contributed by atoms with Gasteiger partial charge in [-0.25, -0.2) is 0 Å². The van der Waals surface area contributed by atoms with Crippen LogP contribution in [0.4, 0.5) is 5.69 Å². The molecule has 0 heterocycles. The van der Waals surface area contributed by atoms with Gasteiger partial charge in [0.1, 0.15) is 0 Å². The lowest BCUT2D eigenvalue weighted by Gasteiger charge is -2.27. The van der Waals surface area contributed by atoms with E-state index in [9.17, 15) is 0 Å². The third kappa shape index (κ3) is 3.73. The van der Waals surface area contributed by atoms with Crippen molar-refractivity contribution in [1.82, 2.24) is 0 Å². The highest BCUT2D eigenvalue weighted by atomic mass is 79.9. The van der Waals surface area contributed by atoms with Crippen LogP contribution in [0.5, 0.6) is 0 Å². The van der Waals surface area contributed by atoms with Gasteiger partial charge in [-0.2, -0.15) is 0 Å². The fourth-order valence-corrected chi connectivity index (χ4v) is 3.04. The van der Waals surface area contributed by atoms with Gasteiger partial charge in [-0.15, -0.1) is 0 Å². The molecule has 3 heteroatoms. The van der Waals surface area contributed by atoms with Crippen LogP contribution in [-0.2, 0) is 6.42 Å². The molecule has 0 radical (unpaired) electrons. The van der Waals surface area contributed by atoms with E-state index >= 15 is 0 Å². The number of hydrogen-bond donors (Lipinski definition) is 1. The Morgan fingerprint density at radius 2 is 1.74 bits per heavy atom. The molecule has 0 atom stereocenters. The van der Waals surface area contributed by atoms with Crippen molar-refractivity contribution >= 4 is 21.6 Å². The summed E-state index contributed by atoms with van der Waals surface area (Å²) >= 11 is 3.62. The summed E-state index contributed by atoms with van der Waals surface area (Å²) in [7, 11) is 0. The summed E-state index contributed by atoms with van der Waals surface area (Å²) in [4.78, 5) is 2.63. The lowest BCUT2D eigenvalue weighted by Crippen LogP contribution is -2.29. The van der Waals surface area contributed by atoms with Crippen molar-refractivity contribution in [3.05, 3.63) is 28.2 Å². The fraction of sp³-hybridized carbons (Fsp3) is 0.625. The smallest absolute Gasteiger partial charge is 0.0410 e. The van der Waals surface area contributed by atoms with Crippen LogP contribution >= 0.6 is 15.9 Å². The largest absolute Gasteiger partial charge is 0.371 e. The first-order valence-electron chi connectivity index (χ1n) is 7.49. The van der Waals surface area contributed by atoms with Crippen LogP contribution in [0.15, 0.2) is 22.7 Å². The van der Waals surface area contributed by atoms with E-state index in [0.717, 1.165) is 24.8 Å². The van der Waals surface area contributed by atoms with E-state index in [1.54, 1.807) is 0 Å². The number of anilines is 1. The molecule has 3 rings (SSSR count). The van der Waals surface area contributed by atoms with Crippen molar-refractivity contribution in [3.63, 3.8) is 0 Å². The minimum Gasteiger partial charge on any atom is -0.371 e. The molecule has 104 valence electrons. The maximum Gasteiger partial charge on any atom is 0.0410 e. The predicted molar refractivity (Wildman–Crippen MR) is 84.6 cm³/mol. The van der Waals surface area contributed by atoms with Crippen LogP contribution < -0.4 is 10.6 Å². The first kappa shape index (κ1) is 13.4. The van der Waals surface area contributed by atoms with Gasteiger partial charge in [-0.3, -0.25) is 0 Å². The Morgan fingerprint density at radius 3 is 2.26 bits per heavy atom. The van der Waals surface area contributed by atoms with Crippen molar-refractivity contribution in [1.29, 1.82) is 0 Å². The molecule has 0 spiro atoms. The van der Waals surface area contributed by atoms with E-state index in [1.165, 1.54) is 54.5 Å². The van der Waals surface area contributed by atoms with Gasteiger partial charge in [-0.1, -0.05) is 22.0 Å². The summed E-state index contributed by atoms with van der Waals surface area (Å²) in [6.07, 6.45) is 6.65. The summed E-state index contributed by atoms with van der Waals surface area (Å²) in [5.41, 5.74) is 8.59. The number of hydrogen-bond acceptors (Lipinski definition) is 2. The van der Waals surface area contributed by atoms with Gasteiger partial charge in [0.05, 0.1) is 0 Å². The molecule has 0 bridgehead atoms. The van der Waals surface area contributed by atoms with E-state index in [-0.39, 0.29) is 0 Å². The highest BCUT2D eigenvalue weighted by molar-refractivity contribution is 9.10. The second-order valence-corrected chi connectivity index (χ2v) is 7.02. The second-order valence-electron chi connectivity index (χ2n) is 6.10. The van der Waals surface area contributed by atoms with Gasteiger partial charge in [0, 0.05) is 23.2 Å². The highest BCUT2D eigenvalue weighted by Crippen LogP contribution is 2.37. The zero-order valence-electron chi connectivity index (χ0n) is 11.4. The summed E-state index contributed by atoms with van der Waals surface area (Å²) in [6.45, 7) is 3.21. The molecule has 2 aliphatic carbocycles. The number of rotatable bonds is 7. The van der Waals surface area contributed by atoms with Crippen LogP contribution in [0.25, 0.3) is 0 Å². The Labute approximate surface area is 124 Å². The van der Waals surface area contributed by atoms with Crippen LogP contribution in [-0.4, -0.2) is 19.6 Å². The maximum atomic E-state index is 5.76. The van der Waals surface area contributed by atoms with E-state index in [1.807, 2.05) is 0 Å². The molecule has 0 aromatic heterocycles. The molecule has 0 aliphatic heterocycles. The zero-order chi connectivity index (χ0) is 13.2. The van der Waals surface area contributed by atoms with E-state index in [2.05, 4.69) is 39.0 Å². The average Bonchev–Trinajstić information content (AvgIpc) is 3.26. The molecule has 19 heavy (non-hydrogen) atoms.